The van der Waals surface area contributed by atoms with Crippen LogP contribution in [0.2, 0.25) is 0 Å². The number of carbonyl (C=O) groups is 1. The van der Waals surface area contributed by atoms with E-state index in [1.165, 1.54) is 31.2 Å². The molecule has 0 spiro atoms. The summed E-state index contributed by atoms with van der Waals surface area (Å²) in [5, 5.41) is 2.91. The maximum absolute atomic E-state index is 11.1. The Hall–Kier alpha value is -1.66. The summed E-state index contributed by atoms with van der Waals surface area (Å²) < 4.78 is 30.5. The Labute approximate surface area is 106 Å². The smallest absolute Gasteiger partial charge is 0.294 e. The quantitative estimate of drug-likeness (QED) is 0.800. The van der Waals surface area contributed by atoms with E-state index in [1.807, 2.05) is 0 Å². The van der Waals surface area contributed by atoms with E-state index in [4.69, 9.17) is 4.55 Å². The molecule has 1 unspecified atom stereocenters. The van der Waals surface area contributed by atoms with Crippen molar-refractivity contribution in [3.8, 4) is 0 Å². The zero-order valence-electron chi connectivity index (χ0n) is 10.2. The molecular formula is C12H15NO4S. The van der Waals surface area contributed by atoms with Crippen LogP contribution in [0.5, 0.6) is 0 Å². The third-order valence-electron chi connectivity index (χ3n) is 2.59. The van der Waals surface area contributed by atoms with E-state index in [0.29, 0.717) is 11.4 Å². The van der Waals surface area contributed by atoms with Crippen molar-refractivity contribution in [3.05, 3.63) is 36.5 Å². The van der Waals surface area contributed by atoms with Crippen LogP contribution in [0.15, 0.2) is 41.4 Å². The molecule has 2 N–H and O–H groups in total. The van der Waals surface area contributed by atoms with E-state index >= 15 is 0 Å². The Morgan fingerprint density at radius 1 is 1.33 bits per heavy atom. The zero-order valence-corrected chi connectivity index (χ0v) is 11.0. The summed E-state index contributed by atoms with van der Waals surface area (Å²) in [5.41, 5.74) is 1.13. The number of rotatable bonds is 5. The average Bonchev–Trinajstić information content (AvgIpc) is 2.27. The minimum atomic E-state index is -4.18. The van der Waals surface area contributed by atoms with Crippen LogP contribution in [-0.2, 0) is 14.9 Å². The number of benzene rings is 1. The summed E-state index contributed by atoms with van der Waals surface area (Å²) in [4.78, 5) is 11.0. The fourth-order valence-corrected chi connectivity index (χ4v) is 1.73. The fraction of sp³-hybridized carbons (Fsp3) is 0.250. The summed E-state index contributed by atoms with van der Waals surface area (Å²) >= 11 is 0. The van der Waals surface area contributed by atoms with Crippen LogP contribution < -0.4 is 5.32 Å². The molecule has 0 fully saturated rings. The third-order valence-corrected chi connectivity index (χ3v) is 3.46. The van der Waals surface area contributed by atoms with E-state index in [0.717, 1.165) is 0 Å². The van der Waals surface area contributed by atoms with Crippen molar-refractivity contribution >= 4 is 21.6 Å². The molecule has 0 aliphatic carbocycles. The lowest BCUT2D eigenvalue weighted by Crippen LogP contribution is -2.14. The second-order valence-corrected chi connectivity index (χ2v) is 5.40. The van der Waals surface area contributed by atoms with Gasteiger partial charge in [0, 0.05) is 11.4 Å². The molecule has 0 bridgehead atoms. The summed E-state index contributed by atoms with van der Waals surface area (Å²) in [7, 11) is -4.18. The van der Waals surface area contributed by atoms with E-state index in [2.05, 4.69) is 11.9 Å². The predicted octanol–water partition coefficient (Wildman–Crippen LogP) is 2.08. The maximum atomic E-state index is 11.1. The lowest BCUT2D eigenvalue weighted by atomic mass is 10.0. The number of carbonyl (C=O) groups excluding carboxylic acids is 1. The SMILES string of the molecule is C=C(Nc1ccc(S(=O)(=O)O)cc1)C(C)C(C)=O. The van der Waals surface area contributed by atoms with E-state index in [-0.39, 0.29) is 16.6 Å². The molecule has 1 atom stereocenters. The van der Waals surface area contributed by atoms with Gasteiger partial charge in [0.15, 0.2) is 0 Å². The number of hydrogen-bond donors (Lipinski definition) is 2. The Morgan fingerprint density at radius 3 is 2.22 bits per heavy atom. The van der Waals surface area contributed by atoms with E-state index < -0.39 is 10.1 Å². The number of nitrogens with one attached hydrogen (secondary N) is 1. The van der Waals surface area contributed by atoms with Crippen LogP contribution in [0.3, 0.4) is 0 Å². The van der Waals surface area contributed by atoms with Gasteiger partial charge in [-0.2, -0.15) is 8.42 Å². The Bertz CT molecular complexity index is 560. The number of hydrogen-bond acceptors (Lipinski definition) is 4. The molecule has 0 aliphatic rings. The Kier molecular flexibility index (Phi) is 4.26. The molecule has 1 rings (SSSR count). The summed E-state index contributed by atoms with van der Waals surface area (Å²) in [5.74, 6) is -0.340. The molecule has 0 radical (unpaired) electrons. The minimum Gasteiger partial charge on any atom is -0.359 e. The third kappa shape index (κ3) is 3.68. The lowest BCUT2D eigenvalue weighted by Gasteiger charge is -2.14. The average molecular weight is 269 g/mol. The fourth-order valence-electron chi connectivity index (χ4n) is 1.25. The predicted molar refractivity (Wildman–Crippen MR) is 68.9 cm³/mol. The highest BCUT2D eigenvalue weighted by Gasteiger charge is 2.12. The monoisotopic (exact) mass is 269 g/mol. The van der Waals surface area contributed by atoms with Crippen LogP contribution in [0.4, 0.5) is 5.69 Å². The van der Waals surface area contributed by atoms with Gasteiger partial charge in [-0.15, -0.1) is 0 Å². The lowest BCUT2D eigenvalue weighted by molar-refractivity contribution is -0.119. The van der Waals surface area contributed by atoms with Crippen molar-refractivity contribution in [3.63, 3.8) is 0 Å². The van der Waals surface area contributed by atoms with E-state index in [1.54, 1.807) is 6.92 Å². The minimum absolute atomic E-state index is 0.0120. The maximum Gasteiger partial charge on any atom is 0.294 e. The standard InChI is InChI=1S/C12H15NO4S/c1-8(10(3)14)9(2)13-11-4-6-12(7-5-11)18(15,16)17/h4-8,13H,2H2,1,3H3,(H,15,16,17). The number of allylic oxidation sites excluding steroid dienone is 1. The number of ketones is 1. The number of anilines is 1. The molecule has 1 aromatic carbocycles. The topological polar surface area (TPSA) is 83.5 Å². The van der Waals surface area contributed by atoms with Gasteiger partial charge in [0.05, 0.1) is 10.8 Å². The first kappa shape index (κ1) is 14.4. The van der Waals surface area contributed by atoms with Gasteiger partial charge in [0.2, 0.25) is 0 Å². The van der Waals surface area contributed by atoms with Gasteiger partial charge in [-0.1, -0.05) is 6.58 Å². The van der Waals surface area contributed by atoms with Gasteiger partial charge in [-0.25, -0.2) is 0 Å². The molecule has 0 aromatic heterocycles. The highest BCUT2D eigenvalue weighted by molar-refractivity contribution is 7.85. The highest BCUT2D eigenvalue weighted by Crippen LogP contribution is 2.18. The first-order valence-electron chi connectivity index (χ1n) is 5.25. The molecule has 18 heavy (non-hydrogen) atoms. The molecule has 0 aliphatic heterocycles. The van der Waals surface area contributed by atoms with Crippen molar-refractivity contribution in [2.45, 2.75) is 18.7 Å². The molecule has 0 amide bonds. The van der Waals surface area contributed by atoms with Gasteiger partial charge in [-0.3, -0.25) is 9.35 Å². The van der Waals surface area contributed by atoms with Crippen LogP contribution >= 0.6 is 0 Å². The molecule has 98 valence electrons. The van der Waals surface area contributed by atoms with Crippen LogP contribution in [0.25, 0.3) is 0 Å². The van der Waals surface area contributed by atoms with Crippen molar-refractivity contribution < 1.29 is 17.8 Å². The molecule has 5 nitrogen and oxygen atoms in total. The van der Waals surface area contributed by atoms with Crippen LogP contribution in [-0.4, -0.2) is 18.8 Å². The summed E-state index contributed by atoms with van der Waals surface area (Å²) in [6.07, 6.45) is 0. The molecule has 1 aromatic rings. The highest BCUT2D eigenvalue weighted by atomic mass is 32.2. The first-order chi connectivity index (χ1) is 8.21. The van der Waals surface area contributed by atoms with E-state index in [9.17, 15) is 13.2 Å². The molecule has 0 saturated heterocycles. The van der Waals surface area contributed by atoms with Crippen molar-refractivity contribution in [2.24, 2.45) is 5.92 Å². The Morgan fingerprint density at radius 2 is 1.83 bits per heavy atom. The van der Waals surface area contributed by atoms with Crippen molar-refractivity contribution in [1.82, 2.24) is 0 Å². The van der Waals surface area contributed by atoms with Crippen LogP contribution in [0, 0.1) is 5.92 Å². The normalized spacial score (nSPS) is 12.8. The van der Waals surface area contributed by atoms with Gasteiger partial charge in [0.25, 0.3) is 10.1 Å². The molecule has 6 heteroatoms. The van der Waals surface area contributed by atoms with Gasteiger partial charge < -0.3 is 5.32 Å². The van der Waals surface area contributed by atoms with Gasteiger partial charge in [0.1, 0.15) is 5.78 Å². The first-order valence-corrected chi connectivity index (χ1v) is 6.69. The number of Topliss-reactive ketones (excluding diaryl/α,β-unsaturated/α-hetero) is 1. The van der Waals surface area contributed by atoms with Gasteiger partial charge >= 0.3 is 0 Å². The molecular weight excluding hydrogens is 254 g/mol. The second-order valence-electron chi connectivity index (χ2n) is 3.98. The molecule has 0 saturated carbocycles. The van der Waals surface area contributed by atoms with Crippen molar-refractivity contribution in [1.29, 1.82) is 0 Å². The molecule has 0 heterocycles. The van der Waals surface area contributed by atoms with Crippen molar-refractivity contribution in [2.75, 3.05) is 5.32 Å². The zero-order chi connectivity index (χ0) is 13.9. The summed E-state index contributed by atoms with van der Waals surface area (Å²) in [6.45, 7) is 6.94. The largest absolute Gasteiger partial charge is 0.359 e. The second kappa shape index (κ2) is 5.32. The Balaban J connectivity index is 2.82. The van der Waals surface area contributed by atoms with Gasteiger partial charge in [-0.05, 0) is 38.1 Å². The summed E-state index contributed by atoms with van der Waals surface area (Å²) in [6, 6.07) is 5.51. The van der Waals surface area contributed by atoms with Crippen LogP contribution in [0.1, 0.15) is 13.8 Å².